The molecule has 5 rings (SSSR count). The highest BCUT2D eigenvalue weighted by Crippen LogP contribution is 2.50. The molecule has 7 nitrogen and oxygen atoms in total. The van der Waals surface area contributed by atoms with Crippen LogP contribution in [0.5, 0.6) is 23.0 Å². The topological polar surface area (TPSA) is 60.5 Å². The Kier molecular flexibility index (Phi) is 6.45. The maximum Gasteiger partial charge on any atom is 0.260 e. The van der Waals surface area contributed by atoms with Crippen molar-refractivity contribution in [1.29, 1.82) is 0 Å². The van der Waals surface area contributed by atoms with Crippen molar-refractivity contribution in [3.05, 3.63) is 77.4 Å². The highest BCUT2D eigenvalue weighted by molar-refractivity contribution is 7.80. The molecule has 2 bridgehead atoms. The van der Waals surface area contributed by atoms with E-state index in [0.717, 1.165) is 23.4 Å². The predicted octanol–water partition coefficient (Wildman–Crippen LogP) is 5.76. The van der Waals surface area contributed by atoms with Crippen LogP contribution in [0, 0.1) is 0 Å². The van der Waals surface area contributed by atoms with Gasteiger partial charge in [-0.2, -0.15) is 0 Å². The number of carbonyl (C=O) groups excluding carboxylic acids is 1. The van der Waals surface area contributed by atoms with Crippen molar-refractivity contribution in [1.82, 2.24) is 4.90 Å². The summed E-state index contributed by atoms with van der Waals surface area (Å²) in [7, 11) is 4.58. The highest BCUT2D eigenvalue weighted by atomic mass is 32.1. The summed E-state index contributed by atoms with van der Waals surface area (Å²) in [5.74, 6) is 1.70. The Bertz CT molecular complexity index is 1330. The van der Waals surface area contributed by atoms with Crippen molar-refractivity contribution >= 4 is 28.9 Å². The Labute approximate surface area is 222 Å². The van der Waals surface area contributed by atoms with Crippen LogP contribution in [0.1, 0.15) is 47.8 Å². The molecule has 3 aromatic rings. The number of methoxy groups -OCH3 is 3. The number of aryl methyl sites for hydroxylation is 1. The molecular weight excluding hydrogens is 488 g/mol. The van der Waals surface area contributed by atoms with Gasteiger partial charge in [0, 0.05) is 23.2 Å². The first-order valence-electron chi connectivity index (χ1n) is 12.2. The lowest BCUT2D eigenvalue weighted by atomic mass is 9.88. The number of para-hydroxylation sites is 1. The number of carbonyl (C=O) groups is 1. The number of rotatable bonds is 6. The van der Waals surface area contributed by atoms with E-state index in [1.165, 1.54) is 26.9 Å². The van der Waals surface area contributed by atoms with Crippen LogP contribution in [-0.2, 0) is 6.42 Å². The standard InChI is InChI=1S/C29H30N2O5S/c1-6-18-11-13-20(14-12-18)31-28(37)30(22-17-29(31,2)36-23-10-8-7-9-21(22)23)27(32)19-15-24(33-3)26(35-5)25(16-19)34-4/h7-16,22H,6,17H2,1-5H3/t22-,29+/m0/s1. The van der Waals surface area contributed by atoms with E-state index in [2.05, 4.69) is 19.1 Å². The van der Waals surface area contributed by atoms with Crippen LogP contribution in [-0.4, -0.2) is 43.0 Å². The molecule has 1 fully saturated rings. The van der Waals surface area contributed by atoms with Crippen LogP contribution in [0.15, 0.2) is 60.7 Å². The van der Waals surface area contributed by atoms with Crippen LogP contribution in [0.4, 0.5) is 5.69 Å². The Morgan fingerprint density at radius 2 is 1.68 bits per heavy atom. The first kappa shape index (κ1) is 24.9. The predicted molar refractivity (Wildman–Crippen MR) is 146 cm³/mol. The lowest BCUT2D eigenvalue weighted by Gasteiger charge is -2.55. The van der Waals surface area contributed by atoms with Crippen molar-refractivity contribution in [3.8, 4) is 23.0 Å². The largest absolute Gasteiger partial charge is 0.493 e. The monoisotopic (exact) mass is 518 g/mol. The van der Waals surface area contributed by atoms with Crippen molar-refractivity contribution in [2.75, 3.05) is 26.2 Å². The fraction of sp³-hybridized carbons (Fsp3) is 0.310. The van der Waals surface area contributed by atoms with E-state index in [9.17, 15) is 4.79 Å². The first-order valence-corrected chi connectivity index (χ1v) is 12.6. The van der Waals surface area contributed by atoms with Gasteiger partial charge in [-0.15, -0.1) is 0 Å². The zero-order chi connectivity index (χ0) is 26.3. The zero-order valence-corrected chi connectivity index (χ0v) is 22.4. The SMILES string of the molecule is CCc1ccc(N2C(=S)N(C(=O)c3cc(OC)c(OC)c(OC)c3)[C@H]3C[C@@]2(C)Oc2ccccc23)cc1. The molecule has 0 saturated carbocycles. The van der Waals surface area contributed by atoms with Crippen LogP contribution in [0.2, 0.25) is 0 Å². The molecule has 1 saturated heterocycles. The third-order valence-corrected chi connectivity index (χ3v) is 7.47. The number of nitrogens with zero attached hydrogens (tertiary/aromatic N) is 2. The lowest BCUT2D eigenvalue weighted by molar-refractivity contribution is 0.0184. The van der Waals surface area contributed by atoms with E-state index in [1.54, 1.807) is 17.0 Å². The smallest absolute Gasteiger partial charge is 0.260 e. The number of benzene rings is 3. The Hall–Kier alpha value is -3.78. The Balaban J connectivity index is 1.66. The number of amides is 1. The second kappa shape index (κ2) is 9.59. The number of thiocarbonyl (C=S) groups is 1. The van der Waals surface area contributed by atoms with E-state index in [-0.39, 0.29) is 11.9 Å². The van der Waals surface area contributed by atoms with Gasteiger partial charge in [0.05, 0.1) is 27.4 Å². The minimum Gasteiger partial charge on any atom is -0.493 e. The van der Waals surface area contributed by atoms with Gasteiger partial charge >= 0.3 is 0 Å². The van der Waals surface area contributed by atoms with E-state index >= 15 is 0 Å². The number of hydrogen-bond acceptors (Lipinski definition) is 6. The molecule has 0 aliphatic carbocycles. The summed E-state index contributed by atoms with van der Waals surface area (Å²) in [6.07, 6.45) is 1.47. The normalized spacial score (nSPS) is 20.1. The number of anilines is 1. The second-order valence-electron chi connectivity index (χ2n) is 9.26. The summed E-state index contributed by atoms with van der Waals surface area (Å²) in [6, 6.07) is 19.0. The number of fused-ring (bicyclic) bond motifs is 4. The molecule has 192 valence electrons. The van der Waals surface area contributed by atoms with Crippen molar-refractivity contribution < 1.29 is 23.7 Å². The molecule has 2 aliphatic rings. The van der Waals surface area contributed by atoms with Crippen LogP contribution >= 0.6 is 12.2 Å². The van der Waals surface area contributed by atoms with Gasteiger partial charge in [-0.05, 0) is 61.5 Å². The summed E-state index contributed by atoms with van der Waals surface area (Å²) in [6.45, 7) is 4.14. The van der Waals surface area contributed by atoms with Gasteiger partial charge in [0.2, 0.25) is 5.75 Å². The molecule has 2 aliphatic heterocycles. The lowest BCUT2D eigenvalue weighted by Crippen LogP contribution is -2.67. The van der Waals surface area contributed by atoms with E-state index in [1.807, 2.05) is 48.2 Å². The molecule has 0 radical (unpaired) electrons. The fourth-order valence-corrected chi connectivity index (χ4v) is 5.75. The van der Waals surface area contributed by atoms with Gasteiger partial charge in [-0.25, -0.2) is 0 Å². The molecule has 0 N–H and O–H groups in total. The van der Waals surface area contributed by atoms with Crippen molar-refractivity contribution in [2.24, 2.45) is 0 Å². The number of ether oxygens (including phenoxy) is 4. The van der Waals surface area contributed by atoms with E-state index < -0.39 is 5.72 Å². The fourth-order valence-electron chi connectivity index (χ4n) is 5.24. The second-order valence-corrected chi connectivity index (χ2v) is 9.63. The van der Waals surface area contributed by atoms with Crippen LogP contribution in [0.3, 0.4) is 0 Å². The molecule has 2 atom stereocenters. The molecule has 0 aromatic heterocycles. The first-order chi connectivity index (χ1) is 17.8. The molecule has 37 heavy (non-hydrogen) atoms. The Morgan fingerprint density at radius 3 is 2.27 bits per heavy atom. The summed E-state index contributed by atoms with van der Waals surface area (Å²) in [5.41, 5.74) is 2.62. The van der Waals surface area contributed by atoms with E-state index in [4.69, 9.17) is 31.2 Å². The molecule has 0 spiro atoms. The number of hydrogen-bond donors (Lipinski definition) is 0. The Morgan fingerprint density at radius 1 is 1.03 bits per heavy atom. The molecule has 0 unspecified atom stereocenters. The molecule has 8 heteroatoms. The van der Waals surface area contributed by atoms with Crippen LogP contribution in [0.25, 0.3) is 0 Å². The minimum absolute atomic E-state index is 0.261. The van der Waals surface area contributed by atoms with Gasteiger partial charge in [-0.3, -0.25) is 14.6 Å². The highest BCUT2D eigenvalue weighted by Gasteiger charge is 2.53. The average Bonchev–Trinajstić information content (AvgIpc) is 2.92. The van der Waals surface area contributed by atoms with Gasteiger partial charge in [0.1, 0.15) is 5.75 Å². The van der Waals surface area contributed by atoms with Crippen molar-refractivity contribution in [2.45, 2.75) is 38.5 Å². The minimum atomic E-state index is -0.768. The summed E-state index contributed by atoms with van der Waals surface area (Å²) < 4.78 is 23.0. The molecule has 1 amide bonds. The van der Waals surface area contributed by atoms with Gasteiger partial charge in [-0.1, -0.05) is 37.3 Å². The average molecular weight is 519 g/mol. The molecule has 3 aromatic carbocycles. The van der Waals surface area contributed by atoms with E-state index in [0.29, 0.717) is 34.3 Å². The maximum absolute atomic E-state index is 14.3. The third kappa shape index (κ3) is 4.05. The van der Waals surface area contributed by atoms with Gasteiger partial charge < -0.3 is 18.9 Å². The van der Waals surface area contributed by atoms with Gasteiger partial charge in [0.25, 0.3) is 5.91 Å². The summed E-state index contributed by atoms with van der Waals surface area (Å²) in [5, 5.41) is 0.372. The maximum atomic E-state index is 14.3. The third-order valence-electron chi connectivity index (χ3n) is 7.10. The summed E-state index contributed by atoms with van der Waals surface area (Å²) >= 11 is 6.06. The molecular formula is C29H30N2O5S. The zero-order valence-electron chi connectivity index (χ0n) is 21.6. The van der Waals surface area contributed by atoms with Crippen LogP contribution < -0.4 is 23.8 Å². The summed E-state index contributed by atoms with van der Waals surface area (Å²) in [4.78, 5) is 17.9. The van der Waals surface area contributed by atoms with Gasteiger partial charge in [0.15, 0.2) is 22.3 Å². The van der Waals surface area contributed by atoms with Crippen molar-refractivity contribution in [3.63, 3.8) is 0 Å². The quantitative estimate of drug-likeness (QED) is 0.385. The molecule has 2 heterocycles.